The van der Waals surface area contributed by atoms with E-state index in [2.05, 4.69) is 15.9 Å². The van der Waals surface area contributed by atoms with Gasteiger partial charge in [-0.15, -0.1) is 0 Å². The Bertz CT molecular complexity index is 248. The quantitative estimate of drug-likeness (QED) is 0.520. The molecule has 0 fully saturated rings. The molecular formula is C9H18BrO5P. The molecule has 16 heavy (non-hydrogen) atoms. The average molecular weight is 317 g/mol. The van der Waals surface area contributed by atoms with E-state index in [1.165, 1.54) is 0 Å². The number of ketones is 1. The molecule has 0 aliphatic rings. The fourth-order valence-electron chi connectivity index (χ4n) is 1.12. The number of carbonyl (C=O) groups is 1. The Kier molecular flexibility index (Phi) is 8.50. The Morgan fingerprint density at radius 2 is 1.88 bits per heavy atom. The standard InChI is InChI=1S/C9H18BrO5P/c1-3-14-16(13,15-4-2)7-9(12)5-8(11)6-10/h8,11H,3-7H2,1-2H3. The lowest BCUT2D eigenvalue weighted by Crippen LogP contribution is -2.18. The summed E-state index contributed by atoms with van der Waals surface area (Å²) in [6.07, 6.45) is -1.09. The van der Waals surface area contributed by atoms with Crippen molar-refractivity contribution in [2.24, 2.45) is 0 Å². The molecule has 1 N–H and O–H groups in total. The van der Waals surface area contributed by atoms with Gasteiger partial charge in [0, 0.05) is 11.8 Å². The summed E-state index contributed by atoms with van der Waals surface area (Å²) in [6, 6.07) is 0. The van der Waals surface area contributed by atoms with E-state index in [1.54, 1.807) is 13.8 Å². The number of aliphatic hydroxyl groups excluding tert-OH is 1. The van der Waals surface area contributed by atoms with Crippen molar-refractivity contribution in [3.8, 4) is 0 Å². The van der Waals surface area contributed by atoms with Gasteiger partial charge in [0.1, 0.15) is 11.9 Å². The highest BCUT2D eigenvalue weighted by Crippen LogP contribution is 2.47. The smallest absolute Gasteiger partial charge is 0.338 e. The molecule has 0 heterocycles. The van der Waals surface area contributed by atoms with Crippen LogP contribution in [0.1, 0.15) is 20.3 Å². The minimum absolute atomic E-state index is 0.0462. The molecular weight excluding hydrogens is 299 g/mol. The molecule has 96 valence electrons. The summed E-state index contributed by atoms with van der Waals surface area (Å²) in [5.74, 6) is -0.322. The summed E-state index contributed by atoms with van der Waals surface area (Å²) in [5.41, 5.74) is 0. The first kappa shape index (κ1) is 16.3. The Hall–Kier alpha value is 0.260. The predicted octanol–water partition coefficient (Wildman–Crippen LogP) is 1.97. The molecule has 1 atom stereocenters. The zero-order valence-electron chi connectivity index (χ0n) is 9.52. The second-order valence-electron chi connectivity index (χ2n) is 3.16. The van der Waals surface area contributed by atoms with Gasteiger partial charge in [0.15, 0.2) is 0 Å². The van der Waals surface area contributed by atoms with Crippen molar-refractivity contribution in [3.63, 3.8) is 0 Å². The van der Waals surface area contributed by atoms with Crippen LogP contribution >= 0.6 is 23.5 Å². The summed E-state index contributed by atoms with van der Waals surface area (Å²) in [6.45, 7) is 3.82. The lowest BCUT2D eigenvalue weighted by molar-refractivity contribution is -0.118. The number of hydrogen-bond donors (Lipinski definition) is 1. The zero-order chi connectivity index (χ0) is 12.6. The van der Waals surface area contributed by atoms with Crippen molar-refractivity contribution >= 4 is 29.3 Å². The van der Waals surface area contributed by atoms with Crippen LogP contribution in [-0.2, 0) is 18.4 Å². The molecule has 0 aromatic heterocycles. The third-order valence-corrected chi connectivity index (χ3v) is 4.45. The monoisotopic (exact) mass is 316 g/mol. The lowest BCUT2D eigenvalue weighted by Gasteiger charge is -2.16. The van der Waals surface area contributed by atoms with E-state index in [-0.39, 0.29) is 31.6 Å². The number of halogens is 1. The summed E-state index contributed by atoms with van der Waals surface area (Å²) in [4.78, 5) is 11.5. The first-order valence-electron chi connectivity index (χ1n) is 5.11. The van der Waals surface area contributed by atoms with Crippen LogP contribution in [0.15, 0.2) is 0 Å². The van der Waals surface area contributed by atoms with Crippen molar-refractivity contribution in [2.45, 2.75) is 26.4 Å². The maximum Gasteiger partial charge on any atom is 0.338 e. The fourth-order valence-corrected chi connectivity index (χ4v) is 2.95. The van der Waals surface area contributed by atoms with Crippen molar-refractivity contribution in [2.75, 3.05) is 24.7 Å². The maximum absolute atomic E-state index is 11.9. The minimum atomic E-state index is -3.32. The van der Waals surface area contributed by atoms with Gasteiger partial charge in [-0.25, -0.2) is 0 Å². The van der Waals surface area contributed by atoms with Gasteiger partial charge in [-0.05, 0) is 13.8 Å². The van der Waals surface area contributed by atoms with Crippen LogP contribution in [0, 0.1) is 0 Å². The van der Waals surface area contributed by atoms with Crippen molar-refractivity contribution in [1.82, 2.24) is 0 Å². The van der Waals surface area contributed by atoms with Gasteiger partial charge in [0.25, 0.3) is 0 Å². The van der Waals surface area contributed by atoms with Gasteiger partial charge in [-0.2, -0.15) is 0 Å². The number of rotatable bonds is 9. The highest BCUT2D eigenvalue weighted by molar-refractivity contribution is 9.09. The molecule has 1 unspecified atom stereocenters. The molecule has 0 aromatic carbocycles. The number of Topliss-reactive ketones (excluding diaryl/α,β-unsaturated/α-hetero) is 1. The van der Waals surface area contributed by atoms with E-state index in [9.17, 15) is 14.5 Å². The van der Waals surface area contributed by atoms with Crippen molar-refractivity contribution in [1.29, 1.82) is 0 Å². The molecule has 0 saturated carbocycles. The van der Waals surface area contributed by atoms with Gasteiger partial charge < -0.3 is 14.2 Å². The molecule has 5 nitrogen and oxygen atoms in total. The number of alkyl halides is 1. The van der Waals surface area contributed by atoms with E-state index in [1.807, 2.05) is 0 Å². The minimum Gasteiger partial charge on any atom is -0.392 e. The van der Waals surface area contributed by atoms with E-state index in [4.69, 9.17) is 9.05 Å². The van der Waals surface area contributed by atoms with Crippen LogP contribution in [0.4, 0.5) is 0 Å². The van der Waals surface area contributed by atoms with E-state index < -0.39 is 13.7 Å². The third kappa shape index (κ3) is 6.76. The van der Waals surface area contributed by atoms with Gasteiger partial charge in [-0.3, -0.25) is 9.36 Å². The summed E-state index contributed by atoms with van der Waals surface area (Å²) in [7, 11) is -3.32. The van der Waals surface area contributed by atoms with Crippen molar-refractivity contribution < 1.29 is 23.5 Å². The highest BCUT2D eigenvalue weighted by Gasteiger charge is 2.28. The molecule has 0 amide bonds. The second kappa shape index (κ2) is 8.37. The van der Waals surface area contributed by atoms with Crippen LogP contribution in [0.3, 0.4) is 0 Å². The lowest BCUT2D eigenvalue weighted by atomic mass is 10.2. The number of carbonyl (C=O) groups excluding carboxylic acids is 1. The molecule has 0 aliphatic heterocycles. The second-order valence-corrected chi connectivity index (χ2v) is 5.86. The first-order chi connectivity index (χ1) is 7.47. The fraction of sp³-hybridized carbons (Fsp3) is 0.889. The molecule has 0 spiro atoms. The third-order valence-electron chi connectivity index (χ3n) is 1.66. The molecule has 0 radical (unpaired) electrons. The molecule has 0 aromatic rings. The molecule has 7 heteroatoms. The van der Waals surface area contributed by atoms with E-state index in [0.717, 1.165) is 0 Å². The van der Waals surface area contributed by atoms with Crippen LogP contribution in [0.2, 0.25) is 0 Å². The van der Waals surface area contributed by atoms with Crippen molar-refractivity contribution in [3.05, 3.63) is 0 Å². The number of aliphatic hydroxyl groups is 1. The SMILES string of the molecule is CCOP(=O)(CC(=O)CC(O)CBr)OCC. The normalized spacial score (nSPS) is 13.8. The summed E-state index contributed by atoms with van der Waals surface area (Å²) in [5, 5.41) is 9.56. The maximum atomic E-state index is 11.9. The molecule has 0 saturated heterocycles. The Balaban J connectivity index is 4.28. The largest absolute Gasteiger partial charge is 0.392 e. The van der Waals surface area contributed by atoms with Crippen LogP contribution in [0.25, 0.3) is 0 Å². The zero-order valence-corrected chi connectivity index (χ0v) is 12.0. The predicted molar refractivity (Wildman–Crippen MR) is 65.2 cm³/mol. The molecule has 0 rings (SSSR count). The molecule has 0 aliphatic carbocycles. The van der Waals surface area contributed by atoms with Gasteiger partial charge in [0.05, 0.1) is 19.3 Å². The van der Waals surface area contributed by atoms with E-state index in [0.29, 0.717) is 5.33 Å². The highest BCUT2D eigenvalue weighted by atomic mass is 79.9. The Labute approximate surface area is 104 Å². The van der Waals surface area contributed by atoms with Gasteiger partial charge in [-0.1, -0.05) is 15.9 Å². The van der Waals surface area contributed by atoms with E-state index >= 15 is 0 Å². The Morgan fingerprint density at radius 3 is 2.25 bits per heavy atom. The van der Waals surface area contributed by atoms with Gasteiger partial charge >= 0.3 is 7.60 Å². The van der Waals surface area contributed by atoms with Gasteiger partial charge in [0.2, 0.25) is 0 Å². The summed E-state index contributed by atoms with van der Waals surface area (Å²) >= 11 is 3.05. The summed E-state index contributed by atoms with van der Waals surface area (Å²) < 4.78 is 21.9. The van der Waals surface area contributed by atoms with Crippen LogP contribution in [0.5, 0.6) is 0 Å². The average Bonchev–Trinajstić information content (AvgIpc) is 2.17. The number of hydrogen-bond acceptors (Lipinski definition) is 5. The first-order valence-corrected chi connectivity index (χ1v) is 7.96. The van der Waals surface area contributed by atoms with Crippen LogP contribution in [-0.4, -0.2) is 41.7 Å². The topological polar surface area (TPSA) is 72.8 Å². The Morgan fingerprint density at radius 1 is 1.38 bits per heavy atom. The van der Waals surface area contributed by atoms with Crippen LogP contribution < -0.4 is 0 Å². The molecule has 0 bridgehead atoms.